The third kappa shape index (κ3) is 2.92. The van der Waals surface area contributed by atoms with E-state index < -0.39 is 0 Å². The van der Waals surface area contributed by atoms with E-state index in [0.29, 0.717) is 17.5 Å². The predicted molar refractivity (Wildman–Crippen MR) is 117 cm³/mol. The topological polar surface area (TPSA) is 65.2 Å². The summed E-state index contributed by atoms with van der Waals surface area (Å²) in [6, 6.07) is 13.2. The van der Waals surface area contributed by atoms with Gasteiger partial charge in [-0.25, -0.2) is 0 Å². The summed E-state index contributed by atoms with van der Waals surface area (Å²) >= 11 is 0. The van der Waals surface area contributed by atoms with E-state index in [-0.39, 0.29) is 16.9 Å². The summed E-state index contributed by atoms with van der Waals surface area (Å²) in [5, 5.41) is 3.50. The third-order valence-corrected chi connectivity index (χ3v) is 6.57. The monoisotopic (exact) mass is 387 g/mol. The summed E-state index contributed by atoms with van der Waals surface area (Å²) in [4.78, 5) is 31.4. The van der Waals surface area contributed by atoms with Crippen LogP contribution < -0.4 is 15.6 Å². The minimum Gasteiger partial charge on any atom is -0.366 e. The molecule has 0 spiro atoms. The van der Waals surface area contributed by atoms with Gasteiger partial charge >= 0.3 is 0 Å². The van der Waals surface area contributed by atoms with Gasteiger partial charge in [0.15, 0.2) is 0 Å². The van der Waals surface area contributed by atoms with E-state index >= 15 is 0 Å². The van der Waals surface area contributed by atoms with E-state index in [9.17, 15) is 9.59 Å². The molecule has 2 saturated heterocycles. The maximum atomic E-state index is 12.9. The van der Waals surface area contributed by atoms with Gasteiger partial charge in [0.25, 0.3) is 5.91 Å². The fourth-order valence-electron chi connectivity index (χ4n) is 5.08. The van der Waals surface area contributed by atoms with E-state index in [1.54, 1.807) is 0 Å². The molecule has 3 aromatic rings. The summed E-state index contributed by atoms with van der Waals surface area (Å²) in [6.45, 7) is 3.89. The van der Waals surface area contributed by atoms with Crippen LogP contribution in [0, 0.1) is 13.8 Å². The molecule has 3 heterocycles. The number of aromatic amines is 1. The SMILES string of the molecule is Cc1cc(N2C3CCC2CC3)ccc1NC(=O)c1c[nH]c2cccc(C)c2c1=O. The molecule has 5 rings (SSSR count). The maximum absolute atomic E-state index is 12.9. The van der Waals surface area contributed by atoms with Crippen LogP contribution in [0.25, 0.3) is 10.9 Å². The van der Waals surface area contributed by atoms with E-state index in [0.717, 1.165) is 22.3 Å². The molecule has 2 bridgehead atoms. The first kappa shape index (κ1) is 18.0. The summed E-state index contributed by atoms with van der Waals surface area (Å²) in [7, 11) is 0. The van der Waals surface area contributed by atoms with Crippen LogP contribution in [0.1, 0.15) is 47.2 Å². The van der Waals surface area contributed by atoms with Gasteiger partial charge in [-0.05, 0) is 74.9 Å². The number of aromatic nitrogens is 1. The third-order valence-electron chi connectivity index (χ3n) is 6.57. The van der Waals surface area contributed by atoms with Gasteiger partial charge in [-0.15, -0.1) is 0 Å². The smallest absolute Gasteiger partial charge is 0.261 e. The molecule has 2 aromatic carbocycles. The van der Waals surface area contributed by atoms with Crippen LogP contribution in [0.2, 0.25) is 0 Å². The van der Waals surface area contributed by atoms with E-state index in [2.05, 4.69) is 27.3 Å². The number of pyridine rings is 1. The Morgan fingerprint density at radius 1 is 1.03 bits per heavy atom. The number of nitrogens with zero attached hydrogens (tertiary/aromatic N) is 1. The van der Waals surface area contributed by atoms with Crippen molar-refractivity contribution in [3.05, 3.63) is 69.5 Å². The highest BCUT2D eigenvalue weighted by Gasteiger charge is 2.39. The highest BCUT2D eigenvalue weighted by molar-refractivity contribution is 6.06. The minimum absolute atomic E-state index is 0.132. The molecule has 2 N–H and O–H groups in total. The van der Waals surface area contributed by atoms with Gasteiger partial charge in [0.2, 0.25) is 5.43 Å². The molecule has 1 aromatic heterocycles. The standard InChI is InChI=1S/C24H25N3O2/c1-14-4-3-5-21-22(14)23(28)19(13-25-21)24(29)26-20-11-10-18(12-15(20)2)27-16-6-7-17(27)9-8-16/h3-5,10-13,16-17H,6-9H2,1-2H3,(H,25,28)(H,26,29). The Kier molecular flexibility index (Phi) is 4.19. The summed E-state index contributed by atoms with van der Waals surface area (Å²) in [5.41, 5.74) is 4.49. The van der Waals surface area contributed by atoms with Gasteiger partial charge in [-0.3, -0.25) is 9.59 Å². The quantitative estimate of drug-likeness (QED) is 0.694. The number of aryl methyl sites for hydroxylation is 2. The summed E-state index contributed by atoms with van der Waals surface area (Å²) in [5.74, 6) is -0.381. The number of nitrogens with one attached hydrogen (secondary N) is 2. The summed E-state index contributed by atoms with van der Waals surface area (Å²) < 4.78 is 0. The number of benzene rings is 2. The van der Waals surface area contributed by atoms with E-state index in [4.69, 9.17) is 0 Å². The molecule has 1 amide bonds. The second-order valence-electron chi connectivity index (χ2n) is 8.35. The van der Waals surface area contributed by atoms with Crippen LogP contribution >= 0.6 is 0 Å². The van der Waals surface area contributed by atoms with E-state index in [1.807, 2.05) is 38.1 Å². The molecule has 2 aliphatic rings. The van der Waals surface area contributed by atoms with Crippen molar-refractivity contribution >= 4 is 28.2 Å². The minimum atomic E-state index is -0.381. The Labute approximate surface area is 169 Å². The Morgan fingerprint density at radius 3 is 2.45 bits per heavy atom. The number of carbonyl (C=O) groups is 1. The zero-order valence-electron chi connectivity index (χ0n) is 16.8. The number of rotatable bonds is 3. The van der Waals surface area contributed by atoms with Crippen molar-refractivity contribution in [3.8, 4) is 0 Å². The highest BCUT2D eigenvalue weighted by atomic mass is 16.2. The molecule has 0 atom stereocenters. The van der Waals surface area contributed by atoms with Gasteiger partial charge in [0.1, 0.15) is 5.56 Å². The molecule has 5 heteroatoms. The molecule has 0 radical (unpaired) electrons. The largest absolute Gasteiger partial charge is 0.366 e. The normalized spacial score (nSPS) is 20.4. The highest BCUT2D eigenvalue weighted by Crippen LogP contribution is 2.41. The lowest BCUT2D eigenvalue weighted by Crippen LogP contribution is -2.28. The second kappa shape index (κ2) is 6.76. The molecular weight excluding hydrogens is 362 g/mol. The number of carbonyl (C=O) groups excluding carboxylic acids is 1. The average molecular weight is 387 g/mol. The number of hydrogen-bond donors (Lipinski definition) is 2. The first-order valence-electron chi connectivity index (χ1n) is 10.3. The number of amides is 1. The predicted octanol–water partition coefficient (Wildman–Crippen LogP) is 4.53. The van der Waals surface area contributed by atoms with Crippen LogP contribution in [0.4, 0.5) is 11.4 Å². The second-order valence-corrected chi connectivity index (χ2v) is 8.35. The van der Waals surface area contributed by atoms with Crippen LogP contribution in [0.3, 0.4) is 0 Å². The van der Waals surface area contributed by atoms with E-state index in [1.165, 1.54) is 37.6 Å². The Balaban J connectivity index is 1.43. The molecule has 0 saturated carbocycles. The first-order chi connectivity index (χ1) is 14.0. The van der Waals surface area contributed by atoms with Gasteiger partial charge in [-0.1, -0.05) is 12.1 Å². The van der Waals surface area contributed by atoms with Gasteiger partial charge < -0.3 is 15.2 Å². The van der Waals surface area contributed by atoms with Crippen molar-refractivity contribution in [2.24, 2.45) is 0 Å². The van der Waals surface area contributed by atoms with Crippen LogP contribution in [-0.4, -0.2) is 23.0 Å². The molecule has 0 aliphatic carbocycles. The fourth-order valence-corrected chi connectivity index (χ4v) is 5.08. The zero-order chi connectivity index (χ0) is 20.1. The fraction of sp³-hybridized carbons (Fsp3) is 0.333. The molecule has 148 valence electrons. The summed E-state index contributed by atoms with van der Waals surface area (Å²) in [6.07, 6.45) is 6.64. The van der Waals surface area contributed by atoms with Crippen LogP contribution in [0.5, 0.6) is 0 Å². The zero-order valence-corrected chi connectivity index (χ0v) is 16.8. The van der Waals surface area contributed by atoms with Crippen molar-refractivity contribution in [2.75, 3.05) is 10.2 Å². The molecule has 29 heavy (non-hydrogen) atoms. The Bertz CT molecular complexity index is 1160. The lowest BCUT2D eigenvalue weighted by atomic mass is 10.0. The Morgan fingerprint density at radius 2 is 1.76 bits per heavy atom. The number of fused-ring (bicyclic) bond motifs is 3. The van der Waals surface area contributed by atoms with Gasteiger partial charge in [-0.2, -0.15) is 0 Å². The lowest BCUT2D eigenvalue weighted by molar-refractivity contribution is 0.102. The van der Waals surface area contributed by atoms with Crippen LogP contribution in [-0.2, 0) is 0 Å². The lowest BCUT2D eigenvalue weighted by Gasteiger charge is -2.25. The van der Waals surface area contributed by atoms with Gasteiger partial charge in [0.05, 0.1) is 0 Å². The number of anilines is 2. The molecule has 2 fully saturated rings. The van der Waals surface area contributed by atoms with Crippen molar-refractivity contribution < 1.29 is 4.79 Å². The molecule has 0 unspecified atom stereocenters. The van der Waals surface area contributed by atoms with Gasteiger partial charge in [0, 0.05) is 40.6 Å². The Hall–Kier alpha value is -3.08. The molecular formula is C24H25N3O2. The molecule has 5 nitrogen and oxygen atoms in total. The van der Waals surface area contributed by atoms with Crippen LogP contribution in [0.15, 0.2) is 47.4 Å². The number of H-pyrrole nitrogens is 1. The maximum Gasteiger partial charge on any atom is 0.261 e. The number of hydrogen-bond acceptors (Lipinski definition) is 3. The van der Waals surface area contributed by atoms with Crippen molar-refractivity contribution in [2.45, 2.75) is 51.6 Å². The first-order valence-corrected chi connectivity index (χ1v) is 10.3. The average Bonchev–Trinajstić information content (AvgIpc) is 3.30. The van der Waals surface area contributed by atoms with Crippen molar-refractivity contribution in [1.29, 1.82) is 0 Å². The van der Waals surface area contributed by atoms with Crippen molar-refractivity contribution in [1.82, 2.24) is 4.98 Å². The van der Waals surface area contributed by atoms with Crippen molar-refractivity contribution in [3.63, 3.8) is 0 Å². The molecule has 2 aliphatic heterocycles.